The first kappa shape index (κ1) is 17.3. The highest BCUT2D eigenvalue weighted by Crippen LogP contribution is 2.27. The van der Waals surface area contributed by atoms with Gasteiger partial charge in [0.25, 0.3) is 0 Å². The van der Waals surface area contributed by atoms with Crippen LogP contribution < -0.4 is 15.4 Å². The number of aliphatic carboxylic acids is 1. The van der Waals surface area contributed by atoms with Crippen molar-refractivity contribution in [3.63, 3.8) is 0 Å². The number of nitrogens with one attached hydrogen (secondary N) is 2. The summed E-state index contributed by atoms with van der Waals surface area (Å²) >= 11 is 0. The molecule has 1 aromatic carbocycles. The van der Waals surface area contributed by atoms with Crippen molar-refractivity contribution in [2.75, 3.05) is 13.1 Å². The second-order valence-electron chi connectivity index (χ2n) is 5.94. The molecule has 1 aliphatic rings. The Morgan fingerprint density at radius 1 is 1.39 bits per heavy atom. The topological polar surface area (TPSA) is 87.7 Å². The monoisotopic (exact) mass is 320 g/mol. The van der Waals surface area contributed by atoms with Crippen molar-refractivity contribution in [3.05, 3.63) is 29.8 Å². The van der Waals surface area contributed by atoms with Crippen LogP contribution in [0.1, 0.15) is 25.8 Å². The second-order valence-corrected chi connectivity index (χ2v) is 5.94. The summed E-state index contributed by atoms with van der Waals surface area (Å²) in [4.78, 5) is 23.1. The third kappa shape index (κ3) is 4.69. The number of benzene rings is 1. The smallest absolute Gasteiger partial charge is 0.320 e. The van der Waals surface area contributed by atoms with Crippen LogP contribution >= 0.6 is 0 Å². The lowest BCUT2D eigenvalue weighted by atomic mass is 9.99. The maximum atomic E-state index is 11.9. The molecule has 3 atom stereocenters. The van der Waals surface area contributed by atoms with Crippen LogP contribution in [0.5, 0.6) is 5.75 Å². The van der Waals surface area contributed by atoms with E-state index in [9.17, 15) is 14.7 Å². The van der Waals surface area contributed by atoms with Gasteiger partial charge in [0.05, 0.1) is 13.1 Å². The van der Waals surface area contributed by atoms with Crippen molar-refractivity contribution in [1.29, 1.82) is 0 Å². The molecule has 0 radical (unpaired) electrons. The molecule has 2 rings (SSSR count). The number of ether oxygens (including phenoxy) is 1. The zero-order valence-electron chi connectivity index (χ0n) is 13.5. The molecule has 6 heteroatoms. The molecule has 126 valence electrons. The summed E-state index contributed by atoms with van der Waals surface area (Å²) in [5, 5.41) is 14.8. The van der Waals surface area contributed by atoms with Crippen molar-refractivity contribution >= 4 is 11.9 Å². The molecular weight excluding hydrogens is 296 g/mol. The quantitative estimate of drug-likeness (QED) is 0.670. The SMILES string of the molecule is CC[C@H](C)[C@H](NCC(=O)NCC1Cc2ccccc2O1)C(=O)O. The predicted molar refractivity (Wildman–Crippen MR) is 86.5 cm³/mol. The molecule has 1 unspecified atom stereocenters. The van der Waals surface area contributed by atoms with Gasteiger partial charge in [-0.3, -0.25) is 14.9 Å². The number of fused-ring (bicyclic) bond motifs is 1. The average molecular weight is 320 g/mol. The molecule has 0 bridgehead atoms. The average Bonchev–Trinajstić information content (AvgIpc) is 2.95. The Balaban J connectivity index is 1.73. The summed E-state index contributed by atoms with van der Waals surface area (Å²) in [5.74, 6) is -0.318. The van der Waals surface area contributed by atoms with Crippen molar-refractivity contribution in [3.8, 4) is 5.75 Å². The Morgan fingerprint density at radius 2 is 2.13 bits per heavy atom. The molecule has 0 spiro atoms. The zero-order valence-corrected chi connectivity index (χ0v) is 13.5. The molecule has 23 heavy (non-hydrogen) atoms. The molecule has 0 aliphatic carbocycles. The van der Waals surface area contributed by atoms with Crippen LogP contribution in [0.2, 0.25) is 0 Å². The summed E-state index contributed by atoms with van der Waals surface area (Å²) in [7, 11) is 0. The Labute approximate surface area is 136 Å². The summed E-state index contributed by atoms with van der Waals surface area (Å²) in [5.41, 5.74) is 1.15. The fraction of sp³-hybridized carbons (Fsp3) is 0.529. The summed E-state index contributed by atoms with van der Waals surface area (Å²) < 4.78 is 5.75. The highest BCUT2D eigenvalue weighted by Gasteiger charge is 2.25. The zero-order chi connectivity index (χ0) is 16.8. The van der Waals surface area contributed by atoms with E-state index in [0.717, 1.165) is 24.2 Å². The normalized spacial score (nSPS) is 18.6. The van der Waals surface area contributed by atoms with Crippen LogP contribution in [-0.4, -0.2) is 42.2 Å². The van der Waals surface area contributed by atoms with E-state index in [1.54, 1.807) is 0 Å². The second kappa shape index (κ2) is 7.97. The number of rotatable bonds is 8. The van der Waals surface area contributed by atoms with Gasteiger partial charge in [0.15, 0.2) is 0 Å². The van der Waals surface area contributed by atoms with E-state index < -0.39 is 12.0 Å². The van der Waals surface area contributed by atoms with Gasteiger partial charge in [-0.25, -0.2) is 0 Å². The van der Waals surface area contributed by atoms with Crippen LogP contribution in [-0.2, 0) is 16.0 Å². The van der Waals surface area contributed by atoms with Gasteiger partial charge < -0.3 is 15.2 Å². The van der Waals surface area contributed by atoms with Gasteiger partial charge in [-0.2, -0.15) is 0 Å². The number of hydrogen-bond donors (Lipinski definition) is 3. The fourth-order valence-electron chi connectivity index (χ4n) is 2.63. The molecule has 1 aliphatic heterocycles. The third-order valence-corrected chi connectivity index (χ3v) is 4.20. The molecule has 6 nitrogen and oxygen atoms in total. The summed E-state index contributed by atoms with van der Waals surface area (Å²) in [6.07, 6.45) is 1.44. The lowest BCUT2D eigenvalue weighted by Gasteiger charge is -2.20. The number of hydrogen-bond acceptors (Lipinski definition) is 4. The minimum Gasteiger partial charge on any atom is -0.488 e. The van der Waals surface area contributed by atoms with Gasteiger partial charge in [0.1, 0.15) is 17.9 Å². The van der Waals surface area contributed by atoms with Crippen molar-refractivity contribution in [2.45, 2.75) is 38.8 Å². The van der Waals surface area contributed by atoms with E-state index in [1.165, 1.54) is 0 Å². The first-order valence-electron chi connectivity index (χ1n) is 7.98. The number of carbonyl (C=O) groups is 2. The first-order valence-corrected chi connectivity index (χ1v) is 7.98. The van der Waals surface area contributed by atoms with Crippen molar-refractivity contribution in [1.82, 2.24) is 10.6 Å². The van der Waals surface area contributed by atoms with E-state index in [1.807, 2.05) is 38.1 Å². The summed E-state index contributed by atoms with van der Waals surface area (Å²) in [6.45, 7) is 4.18. The van der Waals surface area contributed by atoms with E-state index in [0.29, 0.717) is 6.54 Å². The Morgan fingerprint density at radius 3 is 2.78 bits per heavy atom. The van der Waals surface area contributed by atoms with Crippen LogP contribution in [0.25, 0.3) is 0 Å². The van der Waals surface area contributed by atoms with E-state index >= 15 is 0 Å². The molecule has 0 fully saturated rings. The third-order valence-electron chi connectivity index (χ3n) is 4.20. The van der Waals surface area contributed by atoms with Gasteiger partial charge in [-0.15, -0.1) is 0 Å². The number of carbonyl (C=O) groups excluding carboxylic acids is 1. The number of amides is 1. The number of carboxylic acids is 1. The van der Waals surface area contributed by atoms with E-state index in [-0.39, 0.29) is 24.5 Å². The highest BCUT2D eigenvalue weighted by atomic mass is 16.5. The first-order chi connectivity index (χ1) is 11.0. The summed E-state index contributed by atoms with van der Waals surface area (Å²) in [6, 6.07) is 7.11. The molecule has 0 saturated heterocycles. The lowest BCUT2D eigenvalue weighted by Crippen LogP contribution is -2.47. The fourth-order valence-corrected chi connectivity index (χ4v) is 2.63. The van der Waals surface area contributed by atoms with E-state index in [2.05, 4.69) is 10.6 Å². The predicted octanol–water partition coefficient (Wildman–Crippen LogP) is 1.20. The molecular formula is C17H24N2O4. The largest absolute Gasteiger partial charge is 0.488 e. The van der Waals surface area contributed by atoms with Crippen molar-refractivity contribution < 1.29 is 19.4 Å². The molecule has 3 N–H and O–H groups in total. The molecule has 1 heterocycles. The maximum Gasteiger partial charge on any atom is 0.320 e. The minimum atomic E-state index is -0.929. The van der Waals surface area contributed by atoms with Crippen molar-refractivity contribution in [2.24, 2.45) is 5.92 Å². The van der Waals surface area contributed by atoms with Crippen LogP contribution in [0, 0.1) is 5.92 Å². The standard InChI is InChI=1S/C17H24N2O4/c1-3-11(2)16(17(21)22)19-10-15(20)18-9-13-8-12-6-4-5-7-14(12)23-13/h4-7,11,13,16,19H,3,8-10H2,1-2H3,(H,18,20)(H,21,22)/t11-,13?,16-/m0/s1. The van der Waals surface area contributed by atoms with Gasteiger partial charge in [-0.1, -0.05) is 38.5 Å². The van der Waals surface area contributed by atoms with Crippen LogP contribution in [0.3, 0.4) is 0 Å². The molecule has 1 aromatic rings. The molecule has 0 saturated carbocycles. The Bertz CT molecular complexity index is 536. The highest BCUT2D eigenvalue weighted by molar-refractivity contribution is 5.80. The molecule has 0 aromatic heterocycles. The number of carboxylic acid groups (broad SMARTS) is 1. The van der Waals surface area contributed by atoms with Gasteiger partial charge >= 0.3 is 5.97 Å². The van der Waals surface area contributed by atoms with Gasteiger partial charge in [0, 0.05) is 6.42 Å². The van der Waals surface area contributed by atoms with Gasteiger partial charge in [0.2, 0.25) is 5.91 Å². The Kier molecular flexibility index (Phi) is 5.98. The minimum absolute atomic E-state index is 0.0129. The van der Waals surface area contributed by atoms with Crippen LogP contribution in [0.15, 0.2) is 24.3 Å². The Hall–Kier alpha value is -2.08. The maximum absolute atomic E-state index is 11.9. The lowest BCUT2D eigenvalue weighted by molar-refractivity contribution is -0.141. The number of para-hydroxylation sites is 1. The molecule has 1 amide bonds. The van der Waals surface area contributed by atoms with E-state index in [4.69, 9.17) is 4.74 Å². The van der Waals surface area contributed by atoms with Crippen LogP contribution in [0.4, 0.5) is 0 Å². The van der Waals surface area contributed by atoms with Gasteiger partial charge in [-0.05, 0) is 17.5 Å².